The topological polar surface area (TPSA) is 172 Å². The lowest BCUT2D eigenvalue weighted by Crippen LogP contribution is -2.14. The third-order valence-corrected chi connectivity index (χ3v) is 22.0. The number of ketones is 1. The van der Waals surface area contributed by atoms with Gasteiger partial charge in [-0.2, -0.15) is 18.3 Å². The number of fused-ring (bicyclic) bond motifs is 3. The molecular weight excluding hydrogens is 1670 g/mol. The third-order valence-electron chi connectivity index (χ3n) is 21.4. The van der Waals surface area contributed by atoms with E-state index in [9.17, 15) is 27.9 Å². The number of rotatable bonds is 4. The number of hydrogen-bond acceptors (Lipinski definition) is 9. The summed E-state index contributed by atoms with van der Waals surface area (Å²) in [5.41, 5.74) is 19.7. The van der Waals surface area contributed by atoms with Crippen LogP contribution in [0.25, 0.3) is 21.8 Å². The quantitative estimate of drug-likeness (QED) is 0.125. The number of H-pyrrole nitrogens is 2. The number of para-hydroxylation sites is 2. The minimum absolute atomic E-state index is 0.0546. The van der Waals surface area contributed by atoms with Gasteiger partial charge in [-0.25, -0.2) is 4.98 Å². The molecule has 17 heteroatoms. The van der Waals surface area contributed by atoms with E-state index in [1.807, 2.05) is 195 Å². The molecule has 6 heterocycles. The molecule has 12 nitrogen and oxygen atoms in total. The SMILES string of the molecule is CC(C)(C)c1cc2ccccc2c(C(=O)Cc2ccccc2)c1O.CC(C)(C)c1ccc2c(c1)NC(=O)C2.CC(C)(C)c1cccc(C(F)(F)F)c1.CC(C)(C)c1ccccn1.CC(C)(C)c1cccnc1.CC(C)(C)c1ccncc1.CC(C)(C)c1nc2ccccc2[nH]1.COc1cc(Cl)c(C)cc1C(C)(C)C.Cc1cc(C(C)(C)C)n[nH]1.Cc1ccc(Cl)cc1C(C)(C)C. The van der Waals surface area contributed by atoms with Crippen molar-refractivity contribution in [2.75, 3.05) is 12.4 Å². The average Bonchev–Trinajstić information content (AvgIpc) is 1.56. The number of alkyl halides is 3. The summed E-state index contributed by atoms with van der Waals surface area (Å²) in [5, 5.41) is 24.2. The summed E-state index contributed by atoms with van der Waals surface area (Å²) in [6.45, 7) is 70.1. The van der Waals surface area contributed by atoms with Gasteiger partial charge in [-0.05, 0) is 210 Å². The number of nitrogens with one attached hydrogen (secondary N) is 3. The molecule has 4 N–H and O–H groups in total. The molecule has 0 unspecified atom stereocenters. The number of Topliss-reactive ketones (excluding diaryl/α,β-unsaturated/α-hetero) is 1. The Hall–Kier alpha value is -10.7. The molecule has 0 aliphatic carbocycles. The second-order valence-corrected chi connectivity index (χ2v) is 44.5. The van der Waals surface area contributed by atoms with Crippen molar-refractivity contribution in [3.05, 3.63) is 343 Å². The number of hydrogen-bond donors (Lipinski definition) is 4. The number of aromatic nitrogens is 7. The van der Waals surface area contributed by atoms with Crippen molar-refractivity contribution in [1.82, 2.24) is 35.1 Å². The number of nitrogens with zero attached hydrogens (tertiary/aromatic N) is 5. The molecule has 0 spiro atoms. The Kier molecular flexibility index (Phi) is 39.4. The van der Waals surface area contributed by atoms with E-state index in [1.165, 1.54) is 45.5 Å². The van der Waals surface area contributed by atoms with E-state index in [0.717, 1.165) is 94.5 Å². The van der Waals surface area contributed by atoms with Crippen molar-refractivity contribution >= 4 is 62.4 Å². The predicted molar refractivity (Wildman–Crippen MR) is 548 cm³/mol. The highest BCUT2D eigenvalue weighted by molar-refractivity contribution is 6.31. The molecule has 0 saturated carbocycles. The number of imidazole rings is 1. The normalized spacial score (nSPS) is 12.2. The van der Waals surface area contributed by atoms with Crippen LogP contribution in [0.2, 0.25) is 10.0 Å². The van der Waals surface area contributed by atoms with Gasteiger partial charge in [0.2, 0.25) is 5.91 Å². The van der Waals surface area contributed by atoms with Crippen LogP contribution >= 0.6 is 23.2 Å². The Morgan fingerprint density at radius 3 is 1.46 bits per heavy atom. The number of aromatic hydroxyl groups is 1. The Labute approximate surface area is 793 Å². The summed E-state index contributed by atoms with van der Waals surface area (Å²) in [6.07, 6.45) is 5.78. The van der Waals surface area contributed by atoms with Crippen LogP contribution in [0.4, 0.5) is 18.9 Å². The summed E-state index contributed by atoms with van der Waals surface area (Å²) in [7, 11) is 1.68. The Morgan fingerprint density at radius 2 is 0.992 bits per heavy atom. The molecule has 131 heavy (non-hydrogen) atoms. The van der Waals surface area contributed by atoms with Crippen LogP contribution in [0.3, 0.4) is 0 Å². The van der Waals surface area contributed by atoms with Gasteiger partial charge in [0.1, 0.15) is 17.3 Å². The number of pyridine rings is 3. The number of phenolic OH excluding ortho intramolecular Hbond substituents is 1. The van der Waals surface area contributed by atoms with E-state index in [1.54, 1.807) is 19.4 Å². The lowest BCUT2D eigenvalue weighted by atomic mass is 9.82. The standard InChI is InChI=1S/C22H22O2.C12H17ClO.C12H15NO.C11H15Cl.C11H13F3.C11H14N2.3C9H13N.C8H14N2/c1-22(2,3)18-14-16-11-7-8-12-17(16)20(21(18)24)19(23)13-15-9-5-4-6-10-15;1-8-6-9(12(2,3)4)11(14-5)7-10(8)13;1-12(2,3)9-5-4-8-6-11(14)13-10(8)7-9;1-8-5-6-9(12)7-10(8)11(2,3)4;1-10(2,3)8-5-4-6-9(7-8)11(12,13)14;1-11(2,3)10-12-8-6-4-5-7-9(8)13-10;1-9(2,3)8-4-6-10-7-5-8;1-9(2,3)8-5-4-6-10-7-8;1-9(2,3)8-6-4-5-7-10-8;1-6-5-7(10-9-6)8(2,3)4/h4-12,14,24H,13H2,1-3H3;6-7H,1-5H3;4-5,7H,6H2,1-3H3,(H,13,14);5-7H,1-4H3;4-7H,1-3H3;4-7H,1-3H3,(H,12,13);3*4-7H,1-3H3;5H,1-4H3,(H,9,10). The maximum absolute atomic E-state index is 13.0. The molecule has 0 saturated heterocycles. The van der Waals surface area contributed by atoms with Crippen molar-refractivity contribution in [2.45, 2.75) is 302 Å². The predicted octanol–water partition coefficient (Wildman–Crippen LogP) is 31.7. The summed E-state index contributed by atoms with van der Waals surface area (Å²) < 4.78 is 42.4. The Morgan fingerprint density at radius 1 is 0.450 bits per heavy atom. The molecule has 0 radical (unpaired) electrons. The molecule has 8 aromatic carbocycles. The lowest BCUT2D eigenvalue weighted by molar-refractivity contribution is -0.137. The molecule has 1 amide bonds. The molecule has 1 aliphatic heterocycles. The van der Waals surface area contributed by atoms with E-state index in [-0.39, 0.29) is 78.0 Å². The van der Waals surface area contributed by atoms with Gasteiger partial charge in [0.15, 0.2) is 5.78 Å². The van der Waals surface area contributed by atoms with Gasteiger partial charge in [-0.15, -0.1) is 0 Å². The Bertz CT molecular complexity index is 5570. The molecule has 13 aromatic rings. The number of aromatic amines is 2. The highest BCUT2D eigenvalue weighted by atomic mass is 35.5. The first-order valence-corrected chi connectivity index (χ1v) is 45.7. The van der Waals surface area contributed by atoms with Gasteiger partial charge >= 0.3 is 6.18 Å². The van der Waals surface area contributed by atoms with E-state index in [0.29, 0.717) is 17.5 Å². The molecule has 704 valence electrons. The second-order valence-electron chi connectivity index (χ2n) is 43.6. The number of phenols is 1. The first-order valence-electron chi connectivity index (χ1n) is 45.0. The maximum atomic E-state index is 13.0. The van der Waals surface area contributed by atoms with Crippen LogP contribution in [0.1, 0.15) is 308 Å². The van der Waals surface area contributed by atoms with Crippen LogP contribution in [0.5, 0.6) is 11.5 Å². The average molecular weight is 1820 g/mol. The van der Waals surface area contributed by atoms with E-state index in [4.69, 9.17) is 27.9 Å². The number of carbonyl (C=O) groups is 2. The number of benzene rings is 8. The van der Waals surface area contributed by atoms with Crippen molar-refractivity contribution in [1.29, 1.82) is 0 Å². The number of aryl methyl sites for hydroxylation is 3. The lowest BCUT2D eigenvalue weighted by Gasteiger charge is -2.23. The monoisotopic (exact) mass is 1820 g/mol. The molecule has 14 rings (SSSR count). The fourth-order valence-corrected chi connectivity index (χ4v) is 13.6. The van der Waals surface area contributed by atoms with E-state index in [2.05, 4.69) is 280 Å². The summed E-state index contributed by atoms with van der Waals surface area (Å²) in [5.74, 6) is 2.08. The fourth-order valence-electron chi connectivity index (χ4n) is 13.3. The molecule has 0 atom stereocenters. The van der Waals surface area contributed by atoms with Gasteiger partial charge in [0.25, 0.3) is 0 Å². The molecule has 5 aromatic heterocycles. The number of amides is 1. The molecular formula is C114H149Cl2F3N8O4. The number of halogens is 5. The zero-order chi connectivity index (χ0) is 99.0. The minimum Gasteiger partial charge on any atom is -0.507 e. The van der Waals surface area contributed by atoms with Crippen molar-refractivity contribution in [3.63, 3.8) is 0 Å². The van der Waals surface area contributed by atoms with Crippen molar-refractivity contribution in [3.8, 4) is 11.5 Å². The largest absolute Gasteiger partial charge is 0.507 e. The first-order chi connectivity index (χ1) is 60.2. The van der Waals surface area contributed by atoms with Gasteiger partial charge in [0, 0.05) is 86.3 Å². The highest BCUT2D eigenvalue weighted by Gasteiger charge is 2.32. The Balaban J connectivity index is 0.000000261. The molecule has 0 fully saturated rings. The zero-order valence-electron chi connectivity index (χ0n) is 84.7. The second kappa shape index (κ2) is 46.6. The first kappa shape index (κ1) is 111. The number of carbonyl (C=O) groups excluding carboxylic acids is 2. The van der Waals surface area contributed by atoms with Crippen LogP contribution in [0, 0.1) is 20.8 Å². The van der Waals surface area contributed by atoms with Gasteiger partial charge in [0.05, 0.1) is 41.4 Å². The van der Waals surface area contributed by atoms with E-state index < -0.39 is 11.7 Å². The van der Waals surface area contributed by atoms with Gasteiger partial charge < -0.3 is 20.1 Å². The zero-order valence-corrected chi connectivity index (χ0v) is 86.2. The number of anilines is 1. The summed E-state index contributed by atoms with van der Waals surface area (Å²) in [4.78, 5) is 44.2. The van der Waals surface area contributed by atoms with Crippen molar-refractivity contribution in [2.24, 2.45) is 0 Å². The van der Waals surface area contributed by atoms with E-state index >= 15 is 0 Å². The smallest absolute Gasteiger partial charge is 0.416 e. The van der Waals surface area contributed by atoms with Crippen molar-refractivity contribution < 1.29 is 32.6 Å². The number of ether oxygens (including phenoxy) is 1. The summed E-state index contributed by atoms with van der Waals surface area (Å²) in [6, 6.07) is 65.5. The van der Waals surface area contributed by atoms with Crippen LogP contribution in [-0.4, -0.2) is 59.0 Å². The molecule has 0 bridgehead atoms. The highest BCUT2D eigenvalue weighted by Crippen LogP contribution is 2.41. The summed E-state index contributed by atoms with van der Waals surface area (Å²) >= 11 is 12.0. The van der Waals surface area contributed by atoms with Crippen LogP contribution in [0.15, 0.2) is 237 Å². The fraction of sp³-hybridized carbons (Fsp3) is 0.412. The number of methoxy groups -OCH3 is 1. The van der Waals surface area contributed by atoms with Crippen LogP contribution < -0.4 is 10.1 Å². The van der Waals surface area contributed by atoms with Gasteiger partial charge in [-0.3, -0.25) is 29.6 Å². The van der Waals surface area contributed by atoms with Crippen LogP contribution in [-0.2, 0) is 78.0 Å². The minimum atomic E-state index is -4.25. The maximum Gasteiger partial charge on any atom is 0.416 e. The third kappa shape index (κ3) is 36.4. The van der Waals surface area contributed by atoms with Gasteiger partial charge in [-0.1, -0.05) is 352 Å². The molecule has 1 aliphatic rings.